The lowest BCUT2D eigenvalue weighted by atomic mass is 9.89. The highest BCUT2D eigenvalue weighted by Gasteiger charge is 2.37. The maximum Gasteiger partial charge on any atom is 0.254 e. The van der Waals surface area contributed by atoms with Gasteiger partial charge in [0.15, 0.2) is 0 Å². The number of fused-ring (bicyclic) bond motifs is 2. The number of hydrogen-bond acceptors (Lipinski definition) is 3. The normalized spacial score (nSPS) is 19.7. The van der Waals surface area contributed by atoms with Gasteiger partial charge in [0.2, 0.25) is 0 Å². The monoisotopic (exact) mass is 528 g/mol. The van der Waals surface area contributed by atoms with Crippen molar-refractivity contribution in [3.63, 3.8) is 0 Å². The molecule has 3 aromatic carbocycles. The van der Waals surface area contributed by atoms with Gasteiger partial charge in [-0.1, -0.05) is 29.8 Å². The second-order valence-corrected chi connectivity index (χ2v) is 10.3. The lowest BCUT2D eigenvalue weighted by Crippen LogP contribution is -2.39. The summed E-state index contributed by atoms with van der Waals surface area (Å²) in [7, 11) is 0. The second-order valence-electron chi connectivity index (χ2n) is 9.84. The van der Waals surface area contributed by atoms with Crippen LogP contribution < -0.4 is 5.73 Å². The minimum atomic E-state index is -0.344. The molecule has 0 radical (unpaired) electrons. The van der Waals surface area contributed by atoms with Gasteiger partial charge >= 0.3 is 0 Å². The molecular weight excluding hydrogens is 503 g/mol. The van der Waals surface area contributed by atoms with Crippen LogP contribution in [0.15, 0.2) is 65.7 Å². The maximum atomic E-state index is 15.0. The first-order chi connectivity index (χ1) is 18.4. The van der Waals surface area contributed by atoms with Crippen LogP contribution in [0.1, 0.15) is 53.2 Å². The SMILES string of the molecule is N=CN=C(N)c1ccc2nc(-c3ccccc3F)n(C3CCCC(N4Cc5ccc(Cl)cc5C4=O)C3)c2c1. The van der Waals surface area contributed by atoms with Crippen molar-refractivity contribution in [2.45, 2.75) is 44.3 Å². The molecule has 0 bridgehead atoms. The average molecular weight is 529 g/mol. The molecule has 2 aliphatic rings. The lowest BCUT2D eigenvalue weighted by molar-refractivity contribution is 0.0630. The van der Waals surface area contributed by atoms with E-state index in [0.29, 0.717) is 40.5 Å². The number of amidine groups is 1. The third-order valence-corrected chi connectivity index (χ3v) is 7.87. The number of carbonyl (C=O) groups excluding carboxylic acids is 1. The van der Waals surface area contributed by atoms with Gasteiger partial charge < -0.3 is 15.2 Å². The largest absolute Gasteiger partial charge is 0.383 e. The van der Waals surface area contributed by atoms with Gasteiger partial charge in [0.1, 0.15) is 23.8 Å². The smallest absolute Gasteiger partial charge is 0.254 e. The molecule has 4 aromatic rings. The molecule has 9 heteroatoms. The molecule has 0 saturated heterocycles. The van der Waals surface area contributed by atoms with Crippen molar-refractivity contribution in [2.75, 3.05) is 0 Å². The Balaban J connectivity index is 1.43. The van der Waals surface area contributed by atoms with Gasteiger partial charge in [-0.2, -0.15) is 0 Å². The van der Waals surface area contributed by atoms with Crippen LogP contribution in [-0.4, -0.2) is 38.6 Å². The highest BCUT2D eigenvalue weighted by Crippen LogP contribution is 2.40. The van der Waals surface area contributed by atoms with Gasteiger partial charge in [-0.25, -0.2) is 14.4 Å². The number of imidazole rings is 1. The molecular formula is C29H26ClFN6O. The molecule has 1 fully saturated rings. The number of amides is 1. The summed E-state index contributed by atoms with van der Waals surface area (Å²) in [4.78, 5) is 24.0. The summed E-state index contributed by atoms with van der Waals surface area (Å²) in [6, 6.07) is 17.7. The first kappa shape index (κ1) is 24.3. The minimum Gasteiger partial charge on any atom is -0.383 e. The van der Waals surface area contributed by atoms with Gasteiger partial charge in [-0.05, 0) is 73.7 Å². The van der Waals surface area contributed by atoms with E-state index in [2.05, 4.69) is 9.56 Å². The number of benzene rings is 3. The molecule has 1 aromatic heterocycles. The van der Waals surface area contributed by atoms with Crippen molar-refractivity contribution >= 4 is 40.7 Å². The van der Waals surface area contributed by atoms with Crippen LogP contribution in [0, 0.1) is 11.2 Å². The van der Waals surface area contributed by atoms with Crippen LogP contribution in [0.3, 0.4) is 0 Å². The van der Waals surface area contributed by atoms with E-state index >= 15 is 4.39 Å². The summed E-state index contributed by atoms with van der Waals surface area (Å²) in [5, 5.41) is 7.83. The Hall–Kier alpha value is -4.04. The second kappa shape index (κ2) is 9.68. The number of nitrogens with one attached hydrogen (secondary N) is 1. The fourth-order valence-corrected chi connectivity index (χ4v) is 6.02. The number of carbonyl (C=O) groups is 1. The van der Waals surface area contributed by atoms with E-state index in [1.165, 1.54) is 6.07 Å². The van der Waals surface area contributed by atoms with Crippen LogP contribution in [0.2, 0.25) is 5.02 Å². The molecule has 38 heavy (non-hydrogen) atoms. The van der Waals surface area contributed by atoms with E-state index in [4.69, 9.17) is 27.7 Å². The molecule has 6 rings (SSSR count). The van der Waals surface area contributed by atoms with Gasteiger partial charge in [0.25, 0.3) is 5.91 Å². The Morgan fingerprint density at radius 1 is 1.11 bits per heavy atom. The number of aromatic nitrogens is 2. The topological polar surface area (TPSA) is 100 Å². The Bertz CT molecular complexity index is 1610. The number of nitrogens with two attached hydrogens (primary N) is 1. The van der Waals surface area contributed by atoms with E-state index < -0.39 is 0 Å². The highest BCUT2D eigenvalue weighted by atomic mass is 35.5. The quantitative estimate of drug-likeness (QED) is 0.247. The predicted molar refractivity (Wildman–Crippen MR) is 147 cm³/mol. The number of rotatable bonds is 5. The van der Waals surface area contributed by atoms with E-state index in [0.717, 1.165) is 42.2 Å². The number of aliphatic imine (C=N–C) groups is 1. The van der Waals surface area contributed by atoms with Crippen LogP contribution in [0.25, 0.3) is 22.4 Å². The van der Waals surface area contributed by atoms with Crippen molar-refractivity contribution in [1.82, 2.24) is 14.5 Å². The molecule has 1 amide bonds. The van der Waals surface area contributed by atoms with Crippen molar-refractivity contribution in [1.29, 1.82) is 5.41 Å². The van der Waals surface area contributed by atoms with Crippen molar-refractivity contribution in [3.05, 3.63) is 88.2 Å². The van der Waals surface area contributed by atoms with Crippen LogP contribution in [-0.2, 0) is 6.54 Å². The van der Waals surface area contributed by atoms with Crippen molar-refractivity contribution < 1.29 is 9.18 Å². The van der Waals surface area contributed by atoms with E-state index in [9.17, 15) is 4.79 Å². The third-order valence-electron chi connectivity index (χ3n) is 7.63. The molecule has 192 valence electrons. The molecule has 1 saturated carbocycles. The fraction of sp³-hybridized carbons (Fsp3) is 0.241. The predicted octanol–water partition coefficient (Wildman–Crippen LogP) is 5.95. The third kappa shape index (κ3) is 4.15. The summed E-state index contributed by atoms with van der Waals surface area (Å²) in [5.74, 6) is 0.438. The average Bonchev–Trinajstić information content (AvgIpc) is 3.46. The van der Waals surface area contributed by atoms with Crippen LogP contribution in [0.5, 0.6) is 0 Å². The molecule has 3 N–H and O–H groups in total. The van der Waals surface area contributed by atoms with E-state index in [1.54, 1.807) is 24.3 Å². The summed E-state index contributed by atoms with van der Waals surface area (Å²) < 4.78 is 17.1. The number of halogens is 2. The zero-order chi connectivity index (χ0) is 26.4. The highest BCUT2D eigenvalue weighted by molar-refractivity contribution is 6.31. The molecule has 0 spiro atoms. The minimum absolute atomic E-state index is 0.00962. The van der Waals surface area contributed by atoms with E-state index in [-0.39, 0.29) is 29.6 Å². The van der Waals surface area contributed by atoms with Gasteiger partial charge in [-0.15, -0.1) is 0 Å². The molecule has 1 aliphatic carbocycles. The Morgan fingerprint density at radius 2 is 1.92 bits per heavy atom. The first-order valence-electron chi connectivity index (χ1n) is 12.6. The fourth-order valence-electron chi connectivity index (χ4n) is 5.85. The van der Waals surface area contributed by atoms with Crippen molar-refractivity contribution in [3.8, 4) is 11.4 Å². The Morgan fingerprint density at radius 3 is 2.74 bits per heavy atom. The number of hydrogen-bond donors (Lipinski definition) is 2. The van der Waals surface area contributed by atoms with Gasteiger partial charge in [-0.3, -0.25) is 10.2 Å². The summed E-state index contributed by atoms with van der Waals surface area (Å²) in [6.45, 7) is 0.564. The summed E-state index contributed by atoms with van der Waals surface area (Å²) >= 11 is 6.17. The molecule has 2 unspecified atom stereocenters. The molecule has 2 atom stereocenters. The molecule has 7 nitrogen and oxygen atoms in total. The molecule has 1 aliphatic heterocycles. The Labute approximate surface area is 224 Å². The standard InChI is InChI=1S/C29H26ClFN6O/c30-19-10-8-18-15-36(29(38)23(18)13-19)20-4-3-5-21(14-20)37-26-12-17(27(33)34-16-32)9-11-25(26)35-28(37)22-6-1-2-7-24(22)31/h1-2,6-13,16,20-21H,3-5,14-15H2,(H3,32,33,34). The summed E-state index contributed by atoms with van der Waals surface area (Å²) in [5.41, 5.74) is 10.4. The maximum absolute atomic E-state index is 15.0. The zero-order valence-electron chi connectivity index (χ0n) is 20.6. The lowest BCUT2D eigenvalue weighted by Gasteiger charge is -2.36. The Kier molecular flexibility index (Phi) is 6.19. The first-order valence-corrected chi connectivity index (χ1v) is 13.0. The van der Waals surface area contributed by atoms with Crippen molar-refractivity contribution in [2.24, 2.45) is 10.7 Å². The van der Waals surface area contributed by atoms with Crippen LogP contribution in [0.4, 0.5) is 4.39 Å². The van der Waals surface area contributed by atoms with Gasteiger partial charge in [0, 0.05) is 34.8 Å². The number of nitrogens with zero attached hydrogens (tertiary/aromatic N) is 4. The summed E-state index contributed by atoms with van der Waals surface area (Å²) in [6.07, 6.45) is 4.32. The molecule has 2 heterocycles. The zero-order valence-corrected chi connectivity index (χ0v) is 21.3. The van der Waals surface area contributed by atoms with Gasteiger partial charge in [0.05, 0.1) is 16.6 Å². The van der Waals surface area contributed by atoms with E-state index in [1.807, 2.05) is 35.2 Å². The van der Waals surface area contributed by atoms with Crippen LogP contribution >= 0.6 is 11.6 Å².